The van der Waals surface area contributed by atoms with Crippen LogP contribution < -0.4 is 5.32 Å². The van der Waals surface area contributed by atoms with Crippen molar-refractivity contribution in [3.8, 4) is 0 Å². The molecular weight excluding hydrogens is 390 g/mol. The lowest BCUT2D eigenvalue weighted by Crippen LogP contribution is -2.45. The van der Waals surface area contributed by atoms with Gasteiger partial charge in [-0.1, -0.05) is 31.2 Å². The minimum absolute atomic E-state index is 0.234. The zero-order chi connectivity index (χ0) is 20.6. The summed E-state index contributed by atoms with van der Waals surface area (Å²) in [6, 6.07) is 8.10. The average Bonchev–Trinajstić information content (AvgIpc) is 3.08. The van der Waals surface area contributed by atoms with E-state index in [0.717, 1.165) is 62.7 Å². The van der Waals surface area contributed by atoms with E-state index < -0.39 is 5.97 Å². The van der Waals surface area contributed by atoms with E-state index in [4.69, 9.17) is 0 Å². The van der Waals surface area contributed by atoms with Crippen LogP contribution in [0.1, 0.15) is 18.1 Å². The fourth-order valence-electron chi connectivity index (χ4n) is 3.09. The molecule has 3 rings (SSSR count). The molecule has 9 heteroatoms. The molecule has 1 aromatic rings. The molecule has 0 unspecified atom stereocenters. The van der Waals surface area contributed by atoms with Crippen LogP contribution in [0.2, 0.25) is 0 Å². The molecule has 2 fully saturated rings. The minimum Gasteiger partial charge on any atom is -0.466 e. The summed E-state index contributed by atoms with van der Waals surface area (Å²) in [4.78, 5) is 28.3. The van der Waals surface area contributed by atoms with Crippen LogP contribution in [-0.2, 0) is 20.9 Å². The number of piperazine rings is 1. The Morgan fingerprint density at radius 2 is 1.97 bits per heavy atom. The quantitative estimate of drug-likeness (QED) is 0.327. The van der Waals surface area contributed by atoms with Crippen molar-refractivity contribution in [3.63, 3.8) is 0 Å². The number of amidine groups is 1. The van der Waals surface area contributed by atoms with Crippen molar-refractivity contribution >= 4 is 35.0 Å². The van der Waals surface area contributed by atoms with Gasteiger partial charge in [0, 0.05) is 38.8 Å². The molecule has 0 spiro atoms. The molecule has 2 aliphatic heterocycles. The number of carbonyl (C=O) groups is 2. The third-order valence-corrected chi connectivity index (χ3v) is 5.71. The number of methoxy groups -OCH3 is 1. The Balaban J connectivity index is 1.63. The van der Waals surface area contributed by atoms with Gasteiger partial charge in [-0.05, 0) is 29.4 Å². The van der Waals surface area contributed by atoms with Gasteiger partial charge in [0.2, 0.25) is 0 Å². The Labute approximate surface area is 174 Å². The van der Waals surface area contributed by atoms with E-state index >= 15 is 0 Å². The summed E-state index contributed by atoms with van der Waals surface area (Å²) < 4.78 is 4.54. The summed E-state index contributed by atoms with van der Waals surface area (Å²) >= 11 is 1.06. The lowest BCUT2D eigenvalue weighted by atomic mass is 10.1. The first-order valence-corrected chi connectivity index (χ1v) is 10.3. The van der Waals surface area contributed by atoms with Gasteiger partial charge >= 0.3 is 5.97 Å². The smallest absolute Gasteiger partial charge is 0.331 e. The Morgan fingerprint density at radius 3 is 2.69 bits per heavy atom. The molecule has 29 heavy (non-hydrogen) atoms. The minimum atomic E-state index is -0.582. The van der Waals surface area contributed by atoms with Gasteiger partial charge in [0.25, 0.3) is 5.91 Å². The van der Waals surface area contributed by atoms with E-state index in [9.17, 15) is 9.59 Å². The molecule has 2 aliphatic rings. The van der Waals surface area contributed by atoms with Gasteiger partial charge in [-0.2, -0.15) is 5.10 Å². The first-order valence-electron chi connectivity index (χ1n) is 9.51. The molecule has 1 amide bonds. The summed E-state index contributed by atoms with van der Waals surface area (Å²) in [5.41, 5.74) is 2.19. The highest BCUT2D eigenvalue weighted by Gasteiger charge is 2.25. The predicted octanol–water partition coefficient (Wildman–Crippen LogP) is 1.43. The molecule has 8 nitrogen and oxygen atoms in total. The van der Waals surface area contributed by atoms with Gasteiger partial charge in [-0.3, -0.25) is 15.0 Å². The number of nitrogens with one attached hydrogen (secondary N) is 1. The maximum Gasteiger partial charge on any atom is 0.331 e. The van der Waals surface area contributed by atoms with E-state index in [1.54, 1.807) is 6.21 Å². The highest BCUT2D eigenvalue weighted by Crippen LogP contribution is 2.23. The van der Waals surface area contributed by atoms with Crippen molar-refractivity contribution in [1.29, 1.82) is 0 Å². The second-order valence-corrected chi connectivity index (χ2v) is 7.68. The SMILES string of the molecule is CCN1CCN(Cc2ccccc2C=N/N=C2/NC(=O)/C(=C\C(=O)OC)S2)CC1. The number of benzene rings is 1. The Morgan fingerprint density at radius 1 is 1.24 bits per heavy atom. The molecule has 2 heterocycles. The average molecular weight is 416 g/mol. The van der Waals surface area contributed by atoms with Crippen LogP contribution in [0.3, 0.4) is 0 Å². The molecule has 1 N–H and O–H groups in total. The Bertz CT molecular complexity index is 844. The topological polar surface area (TPSA) is 86.6 Å². The maximum absolute atomic E-state index is 11.8. The van der Waals surface area contributed by atoms with Crippen molar-refractivity contribution in [1.82, 2.24) is 15.1 Å². The monoisotopic (exact) mass is 415 g/mol. The summed E-state index contributed by atoms with van der Waals surface area (Å²) in [6.45, 7) is 8.47. The van der Waals surface area contributed by atoms with Gasteiger partial charge in [0.05, 0.1) is 18.2 Å². The highest BCUT2D eigenvalue weighted by atomic mass is 32.2. The van der Waals surface area contributed by atoms with Gasteiger partial charge in [-0.25, -0.2) is 4.79 Å². The van der Waals surface area contributed by atoms with Gasteiger partial charge in [0.15, 0.2) is 5.17 Å². The zero-order valence-corrected chi connectivity index (χ0v) is 17.4. The van der Waals surface area contributed by atoms with Crippen molar-refractivity contribution < 1.29 is 14.3 Å². The molecule has 2 saturated heterocycles. The summed E-state index contributed by atoms with van der Waals surface area (Å²) in [5, 5.41) is 11.1. The predicted molar refractivity (Wildman–Crippen MR) is 115 cm³/mol. The Kier molecular flexibility index (Phi) is 7.56. The number of hydrogen-bond acceptors (Lipinski definition) is 8. The maximum atomic E-state index is 11.8. The lowest BCUT2D eigenvalue weighted by molar-refractivity contribution is -0.135. The molecule has 0 radical (unpaired) electrons. The number of esters is 1. The van der Waals surface area contributed by atoms with Crippen LogP contribution in [-0.4, -0.2) is 72.9 Å². The number of rotatable bonds is 6. The molecule has 1 aromatic carbocycles. The molecule has 0 aromatic heterocycles. The first kappa shape index (κ1) is 21.2. The fourth-order valence-corrected chi connectivity index (χ4v) is 3.83. The van der Waals surface area contributed by atoms with Crippen molar-refractivity contribution in [2.75, 3.05) is 39.8 Å². The third-order valence-electron chi connectivity index (χ3n) is 4.81. The van der Waals surface area contributed by atoms with Gasteiger partial charge in [-0.15, -0.1) is 5.10 Å². The van der Waals surface area contributed by atoms with Crippen LogP contribution in [0, 0.1) is 0 Å². The van der Waals surface area contributed by atoms with Crippen LogP contribution in [0.15, 0.2) is 45.4 Å². The number of ether oxygens (including phenoxy) is 1. The second-order valence-electron chi connectivity index (χ2n) is 6.65. The lowest BCUT2D eigenvalue weighted by Gasteiger charge is -2.34. The largest absolute Gasteiger partial charge is 0.466 e. The second kappa shape index (κ2) is 10.3. The number of likely N-dealkylation sites (N-methyl/N-ethyl adjacent to an activating group) is 1. The van der Waals surface area contributed by atoms with Crippen molar-refractivity contribution in [3.05, 3.63) is 46.4 Å². The van der Waals surface area contributed by atoms with Crippen molar-refractivity contribution in [2.24, 2.45) is 10.2 Å². The highest BCUT2D eigenvalue weighted by molar-refractivity contribution is 8.18. The molecular formula is C20H25N5O3S. The number of thioether (sulfide) groups is 1. The van der Waals surface area contributed by atoms with Gasteiger partial charge in [0.1, 0.15) is 0 Å². The van der Waals surface area contributed by atoms with Gasteiger partial charge < -0.3 is 9.64 Å². The van der Waals surface area contributed by atoms with Crippen LogP contribution >= 0.6 is 11.8 Å². The summed E-state index contributed by atoms with van der Waals surface area (Å²) in [7, 11) is 1.26. The summed E-state index contributed by atoms with van der Waals surface area (Å²) in [6.07, 6.45) is 2.83. The van der Waals surface area contributed by atoms with E-state index in [-0.39, 0.29) is 10.8 Å². The van der Waals surface area contributed by atoms with E-state index in [1.165, 1.54) is 12.7 Å². The Hall–Kier alpha value is -2.49. The number of nitrogens with zero attached hydrogens (tertiary/aromatic N) is 4. The van der Waals surface area contributed by atoms with Crippen LogP contribution in [0.25, 0.3) is 0 Å². The zero-order valence-electron chi connectivity index (χ0n) is 16.6. The number of hydrogen-bond donors (Lipinski definition) is 1. The summed E-state index contributed by atoms with van der Waals surface area (Å²) in [5.74, 6) is -0.970. The standard InChI is InChI=1S/C20H25N5O3S/c1-3-24-8-10-25(11-9-24)14-16-7-5-4-6-15(16)13-21-23-20-22-19(27)17(29-20)12-18(26)28-2/h4-7,12-13H,3,8-11,14H2,1-2H3,(H,22,23,27)/b17-12+,21-13?. The molecule has 0 saturated carbocycles. The molecule has 0 bridgehead atoms. The molecule has 0 aliphatic carbocycles. The third kappa shape index (κ3) is 5.99. The first-order chi connectivity index (χ1) is 14.1. The molecule has 0 atom stereocenters. The normalized spacial score (nSPS) is 21.2. The fraction of sp³-hybridized carbons (Fsp3) is 0.400. The number of amides is 1. The van der Waals surface area contributed by atoms with Crippen LogP contribution in [0.4, 0.5) is 0 Å². The van der Waals surface area contributed by atoms with E-state index in [2.05, 4.69) is 43.0 Å². The van der Waals surface area contributed by atoms with Crippen molar-refractivity contribution in [2.45, 2.75) is 13.5 Å². The van der Waals surface area contributed by atoms with E-state index in [1.807, 2.05) is 18.2 Å². The van der Waals surface area contributed by atoms with Crippen LogP contribution in [0.5, 0.6) is 0 Å². The van der Waals surface area contributed by atoms with E-state index in [0.29, 0.717) is 5.17 Å². The molecule has 154 valence electrons. The number of carbonyl (C=O) groups excluding carboxylic acids is 2.